The maximum absolute atomic E-state index is 13.5. The highest BCUT2D eigenvalue weighted by Crippen LogP contribution is 2.26. The molecule has 1 fully saturated rings. The fourth-order valence-electron chi connectivity index (χ4n) is 4.63. The second-order valence-corrected chi connectivity index (χ2v) is 9.37. The summed E-state index contributed by atoms with van der Waals surface area (Å²) < 4.78 is 24.1. The van der Waals surface area contributed by atoms with E-state index >= 15 is 0 Å². The molecule has 2 amide bonds. The zero-order valence-electron chi connectivity index (χ0n) is 22.2. The Labute approximate surface area is 223 Å². The molecule has 1 saturated heterocycles. The monoisotopic (exact) mass is 519 g/mol. The van der Waals surface area contributed by atoms with Gasteiger partial charge in [0.05, 0.1) is 19.8 Å². The summed E-state index contributed by atoms with van der Waals surface area (Å²) in [6.07, 6.45) is 0. The summed E-state index contributed by atoms with van der Waals surface area (Å²) in [5.41, 5.74) is 2.97. The molecule has 200 valence electrons. The maximum atomic E-state index is 13.5. The van der Waals surface area contributed by atoms with Crippen molar-refractivity contribution in [1.82, 2.24) is 14.7 Å². The van der Waals surface area contributed by atoms with E-state index in [2.05, 4.69) is 4.90 Å². The van der Waals surface area contributed by atoms with Gasteiger partial charge >= 0.3 is 0 Å². The topological polar surface area (TPSA) is 62.3 Å². The molecule has 0 spiro atoms. The van der Waals surface area contributed by atoms with Crippen LogP contribution in [0.2, 0.25) is 0 Å². The van der Waals surface area contributed by atoms with Crippen LogP contribution in [0.4, 0.5) is 4.39 Å². The largest absolute Gasteiger partial charge is 0.497 e. The van der Waals surface area contributed by atoms with E-state index in [1.807, 2.05) is 41.0 Å². The van der Waals surface area contributed by atoms with Crippen LogP contribution in [0.5, 0.6) is 11.5 Å². The van der Waals surface area contributed by atoms with E-state index in [9.17, 15) is 14.0 Å². The Morgan fingerprint density at radius 3 is 2.26 bits per heavy atom. The first kappa shape index (κ1) is 27.1. The minimum Gasteiger partial charge on any atom is -0.497 e. The Kier molecular flexibility index (Phi) is 8.97. The molecule has 3 aromatic rings. The van der Waals surface area contributed by atoms with Crippen molar-refractivity contribution in [3.8, 4) is 11.5 Å². The number of carbonyl (C=O) groups excluding carboxylic acids is 2. The molecular formula is C30H34FN3O4. The van der Waals surface area contributed by atoms with E-state index in [0.717, 1.165) is 11.1 Å². The van der Waals surface area contributed by atoms with Gasteiger partial charge in [-0.15, -0.1) is 0 Å². The van der Waals surface area contributed by atoms with E-state index in [0.29, 0.717) is 68.4 Å². The van der Waals surface area contributed by atoms with E-state index in [1.54, 1.807) is 44.6 Å². The lowest BCUT2D eigenvalue weighted by molar-refractivity contribution is 0.0596. The number of hydrogen-bond acceptors (Lipinski definition) is 5. The molecule has 8 heteroatoms. The summed E-state index contributed by atoms with van der Waals surface area (Å²) in [5, 5.41) is 0. The average molecular weight is 520 g/mol. The van der Waals surface area contributed by atoms with Crippen LogP contribution in [-0.2, 0) is 6.54 Å². The Bertz CT molecular complexity index is 1260. The summed E-state index contributed by atoms with van der Waals surface area (Å²) in [6, 6.07) is 19.0. The van der Waals surface area contributed by atoms with Crippen LogP contribution >= 0.6 is 0 Å². The number of nitrogens with zero attached hydrogens (tertiary/aromatic N) is 3. The normalized spacial score (nSPS) is 13.7. The first-order valence-electron chi connectivity index (χ1n) is 12.7. The summed E-state index contributed by atoms with van der Waals surface area (Å²) >= 11 is 0. The van der Waals surface area contributed by atoms with Gasteiger partial charge in [-0.25, -0.2) is 4.39 Å². The van der Waals surface area contributed by atoms with Gasteiger partial charge in [0, 0.05) is 57.4 Å². The van der Waals surface area contributed by atoms with Gasteiger partial charge in [0.25, 0.3) is 11.8 Å². The molecule has 0 atom stereocenters. The van der Waals surface area contributed by atoms with Crippen molar-refractivity contribution in [2.45, 2.75) is 13.5 Å². The highest BCUT2D eigenvalue weighted by Gasteiger charge is 2.26. The number of amides is 2. The highest BCUT2D eigenvalue weighted by atomic mass is 19.1. The predicted octanol–water partition coefficient (Wildman–Crippen LogP) is 4.25. The van der Waals surface area contributed by atoms with Crippen molar-refractivity contribution in [1.29, 1.82) is 0 Å². The van der Waals surface area contributed by atoms with E-state index in [-0.39, 0.29) is 17.6 Å². The van der Waals surface area contributed by atoms with Crippen molar-refractivity contribution >= 4 is 11.8 Å². The molecule has 38 heavy (non-hydrogen) atoms. The van der Waals surface area contributed by atoms with Crippen molar-refractivity contribution in [3.05, 3.63) is 94.8 Å². The molecule has 1 aliphatic rings. The van der Waals surface area contributed by atoms with Gasteiger partial charge in [0.1, 0.15) is 17.3 Å². The van der Waals surface area contributed by atoms with Crippen LogP contribution in [0.25, 0.3) is 0 Å². The highest BCUT2D eigenvalue weighted by molar-refractivity contribution is 5.97. The number of aryl methyl sites for hydroxylation is 1. The minimum absolute atomic E-state index is 0.0483. The molecule has 1 aliphatic heterocycles. The summed E-state index contributed by atoms with van der Waals surface area (Å²) in [7, 11) is 3.12. The van der Waals surface area contributed by atoms with Gasteiger partial charge in [0.15, 0.2) is 0 Å². The van der Waals surface area contributed by atoms with E-state index < -0.39 is 0 Å². The van der Waals surface area contributed by atoms with Crippen molar-refractivity contribution in [2.75, 3.05) is 53.5 Å². The molecule has 0 aliphatic carbocycles. The van der Waals surface area contributed by atoms with Crippen LogP contribution in [0.3, 0.4) is 0 Å². The number of ether oxygens (including phenoxy) is 2. The van der Waals surface area contributed by atoms with Gasteiger partial charge in [-0.3, -0.25) is 14.5 Å². The van der Waals surface area contributed by atoms with Crippen LogP contribution in [0, 0.1) is 12.7 Å². The standard InChI is InChI=1S/C30H34FN3O4/c1-22-6-4-5-7-26(22)29(35)34(21-23-8-10-24(31)11-9-23)19-16-32-14-17-33(18-15-32)30(36)27-13-12-25(37-2)20-28(27)38-3/h4-13,20H,14-19,21H2,1-3H3. The van der Waals surface area contributed by atoms with Crippen LogP contribution in [0.1, 0.15) is 31.8 Å². The van der Waals surface area contributed by atoms with Crippen molar-refractivity contribution < 1.29 is 23.5 Å². The van der Waals surface area contributed by atoms with Gasteiger partial charge in [-0.05, 0) is 48.4 Å². The quantitative estimate of drug-likeness (QED) is 0.423. The molecule has 4 rings (SSSR count). The second-order valence-electron chi connectivity index (χ2n) is 9.37. The third kappa shape index (κ3) is 6.50. The molecule has 0 saturated carbocycles. The first-order chi connectivity index (χ1) is 18.4. The van der Waals surface area contributed by atoms with Crippen molar-refractivity contribution in [3.63, 3.8) is 0 Å². The van der Waals surface area contributed by atoms with Crippen molar-refractivity contribution in [2.24, 2.45) is 0 Å². The number of methoxy groups -OCH3 is 2. The van der Waals surface area contributed by atoms with Gasteiger partial charge in [0.2, 0.25) is 0 Å². The zero-order valence-corrected chi connectivity index (χ0v) is 22.2. The van der Waals surface area contributed by atoms with Crippen LogP contribution in [0.15, 0.2) is 66.7 Å². The SMILES string of the molecule is COc1ccc(C(=O)N2CCN(CCN(Cc3ccc(F)cc3)C(=O)c3ccccc3C)CC2)c(OC)c1. The smallest absolute Gasteiger partial charge is 0.257 e. The third-order valence-corrected chi connectivity index (χ3v) is 6.93. The molecule has 3 aromatic carbocycles. The molecular weight excluding hydrogens is 485 g/mol. The molecule has 7 nitrogen and oxygen atoms in total. The summed E-state index contributed by atoms with van der Waals surface area (Å²) in [6.45, 7) is 6.08. The van der Waals surface area contributed by atoms with Crippen LogP contribution < -0.4 is 9.47 Å². The van der Waals surface area contributed by atoms with Gasteiger partial charge in [-0.2, -0.15) is 0 Å². The summed E-state index contributed by atoms with van der Waals surface area (Å²) in [4.78, 5) is 32.5. The number of halogens is 1. The zero-order chi connectivity index (χ0) is 27.1. The predicted molar refractivity (Wildman–Crippen MR) is 144 cm³/mol. The Hall–Kier alpha value is -3.91. The molecule has 0 radical (unpaired) electrons. The number of hydrogen-bond donors (Lipinski definition) is 0. The lowest BCUT2D eigenvalue weighted by Crippen LogP contribution is -2.50. The lowest BCUT2D eigenvalue weighted by Gasteiger charge is -2.36. The van der Waals surface area contributed by atoms with Crippen LogP contribution in [-0.4, -0.2) is 80.0 Å². The molecule has 0 N–H and O–H groups in total. The third-order valence-electron chi connectivity index (χ3n) is 6.93. The fraction of sp³-hybridized carbons (Fsp3) is 0.333. The Balaban J connectivity index is 1.39. The first-order valence-corrected chi connectivity index (χ1v) is 12.7. The minimum atomic E-state index is -0.301. The van der Waals surface area contributed by atoms with E-state index in [4.69, 9.17) is 9.47 Å². The molecule has 0 bridgehead atoms. The lowest BCUT2D eigenvalue weighted by atomic mass is 10.1. The van der Waals surface area contributed by atoms with E-state index in [1.165, 1.54) is 12.1 Å². The molecule has 0 aromatic heterocycles. The fourth-order valence-corrected chi connectivity index (χ4v) is 4.63. The summed E-state index contributed by atoms with van der Waals surface area (Å²) in [5.74, 6) is 0.700. The molecule has 0 unspecified atom stereocenters. The van der Waals surface area contributed by atoms with Gasteiger partial charge in [-0.1, -0.05) is 30.3 Å². The Morgan fingerprint density at radius 1 is 0.895 bits per heavy atom. The van der Waals surface area contributed by atoms with Gasteiger partial charge < -0.3 is 19.3 Å². The Morgan fingerprint density at radius 2 is 1.61 bits per heavy atom. The number of piperazine rings is 1. The second kappa shape index (κ2) is 12.6. The average Bonchev–Trinajstić information content (AvgIpc) is 2.95. The number of benzene rings is 3. The molecule has 1 heterocycles. The number of rotatable bonds is 9. The number of carbonyl (C=O) groups is 2. The maximum Gasteiger partial charge on any atom is 0.257 e.